The van der Waals surface area contributed by atoms with Gasteiger partial charge in [-0.25, -0.2) is 0 Å². The Morgan fingerprint density at radius 2 is 1.45 bits per heavy atom. The van der Waals surface area contributed by atoms with Gasteiger partial charge < -0.3 is 19.1 Å². The van der Waals surface area contributed by atoms with Crippen molar-refractivity contribution in [2.45, 2.75) is 18.4 Å². The molecule has 0 aliphatic carbocycles. The van der Waals surface area contributed by atoms with E-state index in [1.54, 1.807) is 47.4 Å². The lowest BCUT2D eigenvalue weighted by molar-refractivity contribution is -0.384. The number of nitro groups is 1. The molecule has 1 amide bonds. The van der Waals surface area contributed by atoms with Crippen molar-refractivity contribution >= 4 is 39.0 Å². The van der Waals surface area contributed by atoms with Gasteiger partial charge in [0.25, 0.3) is 21.7 Å². The van der Waals surface area contributed by atoms with E-state index in [0.717, 1.165) is 27.9 Å². The lowest BCUT2D eigenvalue weighted by atomic mass is 10.1. The second kappa shape index (κ2) is 16.8. The number of nitro benzene ring substituents is 1. The molecule has 5 rings (SSSR count). The first-order valence-electron chi connectivity index (χ1n) is 15.6. The highest BCUT2D eigenvalue weighted by Gasteiger charge is 2.31. The molecule has 49 heavy (non-hydrogen) atoms. The number of carbonyl (C=O) groups excluding carboxylic acids is 1. The number of hydrogen-bond acceptors (Lipinski definition) is 9. The number of rotatable bonds is 17. The summed E-state index contributed by atoms with van der Waals surface area (Å²) in [6.45, 7) is 3.57. The quantitative estimate of drug-likeness (QED) is 0.0409. The van der Waals surface area contributed by atoms with Crippen LogP contribution < -0.4 is 9.64 Å². The van der Waals surface area contributed by atoms with Crippen LogP contribution in [-0.2, 0) is 35.1 Å². The molecule has 0 radical (unpaired) electrons. The van der Waals surface area contributed by atoms with Gasteiger partial charge >= 0.3 is 0 Å². The van der Waals surface area contributed by atoms with Crippen molar-refractivity contribution in [2.75, 3.05) is 44.5 Å². The second-order valence-electron chi connectivity index (χ2n) is 11.0. The van der Waals surface area contributed by atoms with Crippen molar-refractivity contribution in [3.8, 4) is 5.75 Å². The van der Waals surface area contributed by atoms with Gasteiger partial charge in [0, 0.05) is 23.3 Å². The Balaban J connectivity index is 1.02. The van der Waals surface area contributed by atoms with E-state index in [0.29, 0.717) is 37.7 Å². The van der Waals surface area contributed by atoms with E-state index in [1.807, 2.05) is 55.5 Å². The zero-order valence-electron chi connectivity index (χ0n) is 26.9. The minimum Gasteiger partial charge on any atom is -0.491 e. The first-order valence-corrected chi connectivity index (χ1v) is 17.0. The Morgan fingerprint density at radius 3 is 2.14 bits per heavy atom. The van der Waals surface area contributed by atoms with Gasteiger partial charge in [0.2, 0.25) is 0 Å². The van der Waals surface area contributed by atoms with Gasteiger partial charge in [-0.15, -0.1) is 0 Å². The highest BCUT2D eigenvalue weighted by Crippen LogP contribution is 2.37. The van der Waals surface area contributed by atoms with Gasteiger partial charge in [0.1, 0.15) is 12.4 Å². The summed E-state index contributed by atoms with van der Waals surface area (Å²) in [5, 5.41) is 10.9. The van der Waals surface area contributed by atoms with Crippen LogP contribution in [0.3, 0.4) is 0 Å². The molecular formula is C37H36N2O9S. The van der Waals surface area contributed by atoms with Crippen LogP contribution in [0.1, 0.15) is 22.3 Å². The van der Waals surface area contributed by atoms with Crippen LogP contribution in [0.25, 0.3) is 11.6 Å². The molecule has 12 heteroatoms. The minimum absolute atomic E-state index is 0.0222. The number of ether oxygens (including phenoxy) is 3. The summed E-state index contributed by atoms with van der Waals surface area (Å²) in [5.41, 5.74) is 4.93. The zero-order valence-corrected chi connectivity index (χ0v) is 27.7. The number of anilines is 1. The molecule has 0 spiro atoms. The zero-order chi connectivity index (χ0) is 34.6. The number of carbonyl (C=O) groups is 1. The van der Waals surface area contributed by atoms with Crippen molar-refractivity contribution < 1.29 is 36.5 Å². The number of benzene rings is 4. The molecule has 254 valence electrons. The fourth-order valence-electron chi connectivity index (χ4n) is 4.98. The summed E-state index contributed by atoms with van der Waals surface area (Å²) in [6, 6.07) is 27.8. The molecule has 1 aliphatic heterocycles. The number of amides is 1. The average molecular weight is 685 g/mol. The Hall–Kier alpha value is -5.14. The summed E-state index contributed by atoms with van der Waals surface area (Å²) in [7, 11) is -3.81. The molecule has 11 nitrogen and oxygen atoms in total. The van der Waals surface area contributed by atoms with Crippen molar-refractivity contribution in [1.29, 1.82) is 0 Å². The lowest BCUT2D eigenvalue weighted by Crippen LogP contribution is -2.25. The number of para-hydroxylation sites is 1. The van der Waals surface area contributed by atoms with Crippen LogP contribution in [0.4, 0.5) is 11.4 Å². The smallest absolute Gasteiger partial charge is 0.297 e. The van der Waals surface area contributed by atoms with Gasteiger partial charge in [-0.2, -0.15) is 8.42 Å². The monoisotopic (exact) mass is 684 g/mol. The van der Waals surface area contributed by atoms with E-state index in [1.165, 1.54) is 24.3 Å². The first-order chi connectivity index (χ1) is 23.7. The molecule has 0 bridgehead atoms. The number of fused-ring (bicyclic) bond motifs is 1. The van der Waals surface area contributed by atoms with Crippen LogP contribution in [0.15, 0.2) is 114 Å². The maximum Gasteiger partial charge on any atom is 0.297 e. The third kappa shape index (κ3) is 9.71. The summed E-state index contributed by atoms with van der Waals surface area (Å²) in [4.78, 5) is 25.8. The van der Waals surface area contributed by atoms with Gasteiger partial charge in [0.15, 0.2) is 0 Å². The molecule has 1 heterocycles. The third-order valence-electron chi connectivity index (χ3n) is 7.52. The van der Waals surface area contributed by atoms with Gasteiger partial charge in [-0.05, 0) is 66.6 Å². The largest absolute Gasteiger partial charge is 0.491 e. The van der Waals surface area contributed by atoms with E-state index in [9.17, 15) is 23.3 Å². The van der Waals surface area contributed by atoms with E-state index in [2.05, 4.69) is 0 Å². The SMILES string of the molecule is Cc1ccc(S(=O)(=O)OCCOCCOCCOc2ccc(CN3C(=O)C(=CC=Cc4ccc([N+](=O)[O-])cc4)c4ccccc43)cc2)cc1. The summed E-state index contributed by atoms with van der Waals surface area (Å²) < 4.78 is 46.0. The van der Waals surface area contributed by atoms with E-state index in [-0.39, 0.29) is 36.3 Å². The Bertz CT molecular complexity index is 1900. The van der Waals surface area contributed by atoms with E-state index >= 15 is 0 Å². The van der Waals surface area contributed by atoms with E-state index < -0.39 is 15.0 Å². The highest BCUT2D eigenvalue weighted by molar-refractivity contribution is 7.86. The number of hydrogen-bond donors (Lipinski definition) is 0. The molecule has 0 fully saturated rings. The molecule has 4 aromatic rings. The molecule has 4 aromatic carbocycles. The Labute approximate surface area is 285 Å². The van der Waals surface area contributed by atoms with Gasteiger partial charge in [-0.1, -0.05) is 60.2 Å². The molecule has 0 atom stereocenters. The van der Waals surface area contributed by atoms with Crippen LogP contribution in [0, 0.1) is 17.0 Å². The summed E-state index contributed by atoms with van der Waals surface area (Å²) in [5.74, 6) is 0.552. The normalized spacial score (nSPS) is 13.7. The number of non-ortho nitro benzene ring substituents is 1. The first kappa shape index (κ1) is 35.2. The molecule has 0 unspecified atom stereocenters. The summed E-state index contributed by atoms with van der Waals surface area (Å²) in [6.07, 6.45) is 5.34. The topological polar surface area (TPSA) is 135 Å². The van der Waals surface area contributed by atoms with Gasteiger partial charge in [-0.3, -0.25) is 19.1 Å². The maximum absolute atomic E-state index is 13.5. The fourth-order valence-corrected chi connectivity index (χ4v) is 5.87. The number of aryl methyl sites for hydroxylation is 1. The van der Waals surface area contributed by atoms with Crippen molar-refractivity contribution in [3.63, 3.8) is 0 Å². The van der Waals surface area contributed by atoms with Crippen LogP contribution >= 0.6 is 0 Å². The highest BCUT2D eigenvalue weighted by atomic mass is 32.2. The molecule has 0 saturated carbocycles. The molecule has 0 N–H and O–H groups in total. The minimum atomic E-state index is -3.81. The standard InChI is InChI=1S/C37H36N2O9S/c1-28-9-19-33(20-10-28)49(43,44)48-26-24-46-22-21-45-23-25-47-32-17-13-30(14-18-32)27-38-36-8-3-2-6-34(36)35(37(38)40)7-4-5-29-11-15-31(16-12-29)39(41)42/h2-20H,21-27H2,1H3. The Kier molecular flexibility index (Phi) is 12.1. The third-order valence-corrected chi connectivity index (χ3v) is 8.85. The van der Waals surface area contributed by atoms with Crippen LogP contribution in [0.2, 0.25) is 0 Å². The van der Waals surface area contributed by atoms with Crippen molar-refractivity contribution in [2.24, 2.45) is 0 Å². The van der Waals surface area contributed by atoms with Crippen molar-refractivity contribution in [1.82, 2.24) is 0 Å². The molecule has 0 aromatic heterocycles. The predicted molar refractivity (Wildman–Crippen MR) is 186 cm³/mol. The summed E-state index contributed by atoms with van der Waals surface area (Å²) >= 11 is 0. The molecule has 0 saturated heterocycles. The predicted octanol–water partition coefficient (Wildman–Crippen LogP) is 6.36. The lowest BCUT2D eigenvalue weighted by Gasteiger charge is -2.17. The van der Waals surface area contributed by atoms with Crippen LogP contribution in [0.5, 0.6) is 5.75 Å². The average Bonchev–Trinajstić information content (AvgIpc) is 3.36. The molecular weight excluding hydrogens is 648 g/mol. The van der Waals surface area contributed by atoms with Crippen LogP contribution in [-0.4, -0.2) is 58.9 Å². The fraction of sp³-hybridized carbons (Fsp3) is 0.216. The van der Waals surface area contributed by atoms with Gasteiger partial charge in [0.05, 0.1) is 55.1 Å². The molecule has 1 aliphatic rings. The Morgan fingerprint density at radius 1 is 0.796 bits per heavy atom. The number of nitrogens with zero attached hydrogens (tertiary/aromatic N) is 2. The number of allylic oxidation sites excluding steroid dienone is 2. The second-order valence-corrected chi connectivity index (χ2v) is 12.6. The maximum atomic E-state index is 13.5. The van der Waals surface area contributed by atoms with Crippen molar-refractivity contribution in [3.05, 3.63) is 142 Å². The van der Waals surface area contributed by atoms with E-state index in [4.69, 9.17) is 18.4 Å².